The first-order valence-electron chi connectivity index (χ1n) is 6.54. The molecule has 3 rings (SSSR count). The summed E-state index contributed by atoms with van der Waals surface area (Å²) in [6, 6.07) is 17.5. The summed E-state index contributed by atoms with van der Waals surface area (Å²) < 4.78 is 0. The quantitative estimate of drug-likeness (QED) is 0.716. The van der Waals surface area contributed by atoms with Gasteiger partial charge in [-0.25, -0.2) is 0 Å². The van der Waals surface area contributed by atoms with E-state index in [2.05, 4.69) is 24.3 Å². The van der Waals surface area contributed by atoms with E-state index < -0.39 is 12.0 Å². The van der Waals surface area contributed by atoms with Gasteiger partial charge >= 0.3 is 5.97 Å². The molecule has 1 atom stereocenters. The molecule has 0 saturated carbocycles. The van der Waals surface area contributed by atoms with Crippen molar-refractivity contribution < 1.29 is 9.90 Å². The number of rotatable bonds is 3. The molecule has 0 bridgehead atoms. The Bertz CT molecular complexity index is 795. The van der Waals surface area contributed by atoms with Crippen LogP contribution in [0.25, 0.3) is 21.5 Å². The average Bonchev–Trinajstić information content (AvgIpc) is 2.47. The first-order valence-corrected chi connectivity index (χ1v) is 6.54. The normalized spacial score (nSPS) is 12.7. The number of carboxylic acids is 1. The molecule has 3 heteroatoms. The summed E-state index contributed by atoms with van der Waals surface area (Å²) in [6.07, 6.45) is 0.342. The second-order valence-electron chi connectivity index (χ2n) is 4.99. The standard InChI is InChI=1S/C17H15NO2/c18-16(17(19)20)10-11-5-6-13-8-7-12-3-1-2-4-14(12)15(13)9-11/h1-9,16H,10,18H2,(H,19,20)/t16-/m0/s1. The maximum atomic E-state index is 10.9. The smallest absolute Gasteiger partial charge is 0.320 e. The monoisotopic (exact) mass is 265 g/mol. The van der Waals surface area contributed by atoms with Crippen LogP contribution in [-0.4, -0.2) is 17.1 Å². The largest absolute Gasteiger partial charge is 0.480 e. The molecule has 3 aromatic rings. The lowest BCUT2D eigenvalue weighted by atomic mass is 9.98. The summed E-state index contributed by atoms with van der Waals surface area (Å²) in [6.45, 7) is 0. The van der Waals surface area contributed by atoms with Gasteiger partial charge in [0.25, 0.3) is 0 Å². The van der Waals surface area contributed by atoms with Crippen molar-refractivity contribution >= 4 is 27.5 Å². The minimum atomic E-state index is -0.969. The van der Waals surface area contributed by atoms with E-state index in [1.54, 1.807) is 0 Å². The number of aliphatic carboxylic acids is 1. The van der Waals surface area contributed by atoms with Crippen LogP contribution in [0.15, 0.2) is 54.6 Å². The van der Waals surface area contributed by atoms with E-state index in [1.165, 1.54) is 10.8 Å². The molecule has 20 heavy (non-hydrogen) atoms. The van der Waals surface area contributed by atoms with Crippen LogP contribution in [0.3, 0.4) is 0 Å². The minimum absolute atomic E-state index is 0.342. The Morgan fingerprint density at radius 3 is 2.40 bits per heavy atom. The molecule has 0 aliphatic heterocycles. The summed E-state index contributed by atoms with van der Waals surface area (Å²) in [4.78, 5) is 10.9. The molecule has 0 aromatic heterocycles. The molecule has 100 valence electrons. The zero-order valence-electron chi connectivity index (χ0n) is 10.9. The fraction of sp³-hybridized carbons (Fsp3) is 0.118. The highest BCUT2D eigenvalue weighted by molar-refractivity contribution is 6.07. The van der Waals surface area contributed by atoms with Crippen molar-refractivity contribution in [1.29, 1.82) is 0 Å². The second-order valence-corrected chi connectivity index (χ2v) is 4.99. The van der Waals surface area contributed by atoms with Crippen LogP contribution in [0.4, 0.5) is 0 Å². The number of carbonyl (C=O) groups is 1. The molecule has 3 aromatic carbocycles. The van der Waals surface area contributed by atoms with Crippen LogP contribution in [0.1, 0.15) is 5.56 Å². The molecule has 0 saturated heterocycles. The van der Waals surface area contributed by atoms with Gasteiger partial charge in [0.05, 0.1) is 0 Å². The third kappa shape index (κ3) is 2.24. The van der Waals surface area contributed by atoms with E-state index in [9.17, 15) is 4.79 Å². The fourth-order valence-corrected chi connectivity index (χ4v) is 2.52. The molecular formula is C17H15NO2. The Balaban J connectivity index is 2.13. The van der Waals surface area contributed by atoms with Gasteiger partial charge in [0.2, 0.25) is 0 Å². The predicted molar refractivity (Wildman–Crippen MR) is 80.8 cm³/mol. The molecule has 0 aliphatic rings. The molecular weight excluding hydrogens is 250 g/mol. The topological polar surface area (TPSA) is 63.3 Å². The first kappa shape index (κ1) is 12.6. The first-order chi connectivity index (χ1) is 9.65. The van der Waals surface area contributed by atoms with Gasteiger partial charge in [-0.15, -0.1) is 0 Å². The number of benzene rings is 3. The number of hydrogen-bond acceptors (Lipinski definition) is 2. The second kappa shape index (κ2) is 4.94. The van der Waals surface area contributed by atoms with Crippen LogP contribution in [0.5, 0.6) is 0 Å². The predicted octanol–water partition coefficient (Wildman–Crippen LogP) is 2.95. The number of hydrogen-bond donors (Lipinski definition) is 2. The summed E-state index contributed by atoms with van der Waals surface area (Å²) in [7, 11) is 0. The van der Waals surface area contributed by atoms with Gasteiger partial charge in [-0.3, -0.25) is 4.79 Å². The maximum Gasteiger partial charge on any atom is 0.320 e. The molecule has 0 radical (unpaired) electrons. The van der Waals surface area contributed by atoms with Crippen LogP contribution in [-0.2, 0) is 11.2 Å². The van der Waals surface area contributed by atoms with Gasteiger partial charge in [-0.05, 0) is 33.5 Å². The van der Waals surface area contributed by atoms with E-state index in [0.29, 0.717) is 6.42 Å². The molecule has 0 fully saturated rings. The lowest BCUT2D eigenvalue weighted by Crippen LogP contribution is -2.32. The van der Waals surface area contributed by atoms with E-state index in [1.807, 2.05) is 30.3 Å². The Labute approximate surface area is 116 Å². The molecule has 0 amide bonds. The highest BCUT2D eigenvalue weighted by atomic mass is 16.4. The van der Waals surface area contributed by atoms with Gasteiger partial charge in [-0.1, -0.05) is 54.6 Å². The third-order valence-electron chi connectivity index (χ3n) is 3.58. The molecule has 0 spiro atoms. The van der Waals surface area contributed by atoms with E-state index in [4.69, 9.17) is 10.8 Å². The Kier molecular flexibility index (Phi) is 3.12. The highest BCUT2D eigenvalue weighted by Gasteiger charge is 2.12. The molecule has 0 unspecified atom stereocenters. The SMILES string of the molecule is N[C@@H](Cc1ccc2ccc3ccccc3c2c1)C(=O)O. The van der Waals surface area contributed by atoms with Crippen molar-refractivity contribution in [2.75, 3.05) is 0 Å². The van der Waals surface area contributed by atoms with E-state index >= 15 is 0 Å². The van der Waals surface area contributed by atoms with Crippen molar-refractivity contribution in [3.8, 4) is 0 Å². The zero-order chi connectivity index (χ0) is 14.1. The summed E-state index contributed by atoms with van der Waals surface area (Å²) in [5.41, 5.74) is 6.55. The van der Waals surface area contributed by atoms with E-state index in [-0.39, 0.29) is 0 Å². The molecule has 3 N–H and O–H groups in total. The molecule has 3 nitrogen and oxygen atoms in total. The number of nitrogens with two attached hydrogens (primary N) is 1. The average molecular weight is 265 g/mol. The Morgan fingerprint density at radius 2 is 1.65 bits per heavy atom. The van der Waals surface area contributed by atoms with Crippen molar-refractivity contribution in [2.45, 2.75) is 12.5 Å². The van der Waals surface area contributed by atoms with Crippen LogP contribution >= 0.6 is 0 Å². The Hall–Kier alpha value is -2.39. The highest BCUT2D eigenvalue weighted by Crippen LogP contribution is 2.26. The number of carboxylic acid groups (broad SMARTS) is 1. The Morgan fingerprint density at radius 1 is 1.00 bits per heavy atom. The lowest BCUT2D eigenvalue weighted by molar-refractivity contribution is -0.138. The van der Waals surface area contributed by atoms with Gasteiger partial charge in [-0.2, -0.15) is 0 Å². The maximum absolute atomic E-state index is 10.9. The number of fused-ring (bicyclic) bond motifs is 3. The van der Waals surface area contributed by atoms with E-state index in [0.717, 1.165) is 16.3 Å². The minimum Gasteiger partial charge on any atom is -0.480 e. The fourth-order valence-electron chi connectivity index (χ4n) is 2.52. The van der Waals surface area contributed by atoms with Gasteiger partial charge < -0.3 is 10.8 Å². The van der Waals surface area contributed by atoms with Crippen molar-refractivity contribution in [1.82, 2.24) is 0 Å². The summed E-state index contributed by atoms with van der Waals surface area (Å²) in [5, 5.41) is 13.5. The summed E-state index contributed by atoms with van der Waals surface area (Å²) in [5.74, 6) is -0.969. The van der Waals surface area contributed by atoms with Gasteiger partial charge in [0.15, 0.2) is 0 Å². The lowest BCUT2D eigenvalue weighted by Gasteiger charge is -2.09. The van der Waals surface area contributed by atoms with Crippen LogP contribution in [0.2, 0.25) is 0 Å². The van der Waals surface area contributed by atoms with Crippen molar-refractivity contribution in [2.24, 2.45) is 5.73 Å². The van der Waals surface area contributed by atoms with Crippen molar-refractivity contribution in [3.05, 3.63) is 60.2 Å². The third-order valence-corrected chi connectivity index (χ3v) is 3.58. The molecule has 0 heterocycles. The molecule has 0 aliphatic carbocycles. The van der Waals surface area contributed by atoms with Gasteiger partial charge in [0, 0.05) is 0 Å². The van der Waals surface area contributed by atoms with Crippen LogP contribution < -0.4 is 5.73 Å². The van der Waals surface area contributed by atoms with Crippen LogP contribution in [0, 0.1) is 0 Å². The summed E-state index contributed by atoms with van der Waals surface area (Å²) >= 11 is 0. The van der Waals surface area contributed by atoms with Crippen molar-refractivity contribution in [3.63, 3.8) is 0 Å². The van der Waals surface area contributed by atoms with Gasteiger partial charge in [0.1, 0.15) is 6.04 Å². The zero-order valence-corrected chi connectivity index (χ0v) is 10.9.